The van der Waals surface area contributed by atoms with Gasteiger partial charge >= 0.3 is 0 Å². The highest BCUT2D eigenvalue weighted by Crippen LogP contribution is 2.30. The van der Waals surface area contributed by atoms with Gasteiger partial charge in [-0.3, -0.25) is 10.5 Å². The third kappa shape index (κ3) is 2.63. The number of nitrogens with two attached hydrogens (primary N) is 1. The molecule has 0 amide bonds. The minimum atomic E-state index is -0.587. The molecule has 20 heavy (non-hydrogen) atoms. The van der Waals surface area contributed by atoms with Crippen molar-refractivity contribution in [3.05, 3.63) is 46.5 Å². The number of aryl methyl sites for hydroxylation is 1. The number of methoxy groups -OCH3 is 1. The second-order valence-corrected chi connectivity index (χ2v) is 4.59. The van der Waals surface area contributed by atoms with Crippen molar-refractivity contribution in [1.82, 2.24) is 15.2 Å². The molecular weight excluding hydrogens is 283 g/mol. The van der Waals surface area contributed by atoms with Crippen molar-refractivity contribution in [3.63, 3.8) is 0 Å². The number of benzene rings is 1. The predicted octanol–water partition coefficient (Wildman–Crippen LogP) is 2.26. The van der Waals surface area contributed by atoms with Gasteiger partial charge < -0.3 is 4.74 Å². The lowest BCUT2D eigenvalue weighted by molar-refractivity contribution is 0.409. The molecule has 1 heterocycles. The largest absolute Gasteiger partial charge is 0.497 e. The first-order valence-electron chi connectivity index (χ1n) is 6.13. The third-order valence-corrected chi connectivity index (χ3v) is 3.38. The summed E-state index contributed by atoms with van der Waals surface area (Å²) in [6.45, 7) is 2.53. The molecule has 0 spiro atoms. The second kappa shape index (κ2) is 6.21. The van der Waals surface area contributed by atoms with Crippen LogP contribution in [-0.4, -0.2) is 16.9 Å². The monoisotopic (exact) mass is 298 g/mol. The summed E-state index contributed by atoms with van der Waals surface area (Å²) in [4.78, 5) is 0. The first kappa shape index (κ1) is 14.8. The van der Waals surface area contributed by atoms with E-state index in [0.29, 0.717) is 28.6 Å². The van der Waals surface area contributed by atoms with E-state index in [9.17, 15) is 4.39 Å². The highest BCUT2D eigenvalue weighted by Gasteiger charge is 2.23. The lowest BCUT2D eigenvalue weighted by Crippen LogP contribution is -2.31. The molecule has 3 N–H and O–H groups in total. The Morgan fingerprint density at radius 1 is 1.55 bits per heavy atom. The normalized spacial score (nSPS) is 12.4. The Kier molecular flexibility index (Phi) is 4.59. The average molecular weight is 299 g/mol. The van der Waals surface area contributed by atoms with Crippen LogP contribution in [0.3, 0.4) is 0 Å². The van der Waals surface area contributed by atoms with Gasteiger partial charge in [0.1, 0.15) is 11.6 Å². The minimum Gasteiger partial charge on any atom is -0.497 e. The highest BCUT2D eigenvalue weighted by molar-refractivity contribution is 6.31. The van der Waals surface area contributed by atoms with Crippen LogP contribution in [0, 0.1) is 5.82 Å². The molecule has 108 valence electrons. The van der Waals surface area contributed by atoms with E-state index in [2.05, 4.69) is 10.5 Å². The van der Waals surface area contributed by atoms with Gasteiger partial charge in [0.15, 0.2) is 0 Å². The fourth-order valence-corrected chi connectivity index (χ4v) is 2.35. The Morgan fingerprint density at radius 3 is 2.85 bits per heavy atom. The van der Waals surface area contributed by atoms with E-state index in [1.165, 1.54) is 19.4 Å². The number of nitrogens with one attached hydrogen (secondary N) is 1. The molecule has 1 atom stereocenters. The van der Waals surface area contributed by atoms with Crippen LogP contribution in [-0.2, 0) is 6.54 Å². The quantitative estimate of drug-likeness (QED) is 0.656. The number of ether oxygens (including phenoxy) is 1. The summed E-state index contributed by atoms with van der Waals surface area (Å²) >= 11 is 6.13. The second-order valence-electron chi connectivity index (χ2n) is 4.18. The fraction of sp³-hybridized carbons (Fsp3) is 0.308. The number of hydrogen-bond donors (Lipinski definition) is 2. The van der Waals surface area contributed by atoms with Gasteiger partial charge in [-0.25, -0.2) is 9.82 Å². The number of hydrogen-bond acceptors (Lipinski definition) is 4. The molecule has 0 radical (unpaired) electrons. The Hall–Kier alpha value is -1.63. The number of aromatic nitrogens is 2. The first-order chi connectivity index (χ1) is 9.62. The van der Waals surface area contributed by atoms with Crippen LogP contribution in [0.4, 0.5) is 4.39 Å². The van der Waals surface area contributed by atoms with Crippen LogP contribution in [0.25, 0.3) is 0 Å². The Morgan fingerprint density at radius 2 is 2.30 bits per heavy atom. The average Bonchev–Trinajstić information content (AvgIpc) is 2.82. The third-order valence-electron chi connectivity index (χ3n) is 3.09. The van der Waals surface area contributed by atoms with Crippen LogP contribution >= 0.6 is 11.6 Å². The van der Waals surface area contributed by atoms with Crippen molar-refractivity contribution in [1.29, 1.82) is 0 Å². The van der Waals surface area contributed by atoms with Crippen molar-refractivity contribution >= 4 is 11.6 Å². The maximum absolute atomic E-state index is 14.2. The van der Waals surface area contributed by atoms with E-state index in [1.807, 2.05) is 6.92 Å². The molecule has 0 aliphatic rings. The van der Waals surface area contributed by atoms with Crippen molar-refractivity contribution < 1.29 is 9.13 Å². The number of halogens is 2. The Labute approximate surface area is 121 Å². The summed E-state index contributed by atoms with van der Waals surface area (Å²) in [5.41, 5.74) is 3.59. The molecule has 2 aromatic rings. The van der Waals surface area contributed by atoms with Crippen LogP contribution in [0.1, 0.15) is 24.2 Å². The van der Waals surface area contributed by atoms with Crippen LogP contribution in [0.5, 0.6) is 5.75 Å². The van der Waals surface area contributed by atoms with Gasteiger partial charge in [0.05, 0.1) is 30.1 Å². The zero-order valence-electron chi connectivity index (χ0n) is 11.2. The van der Waals surface area contributed by atoms with E-state index < -0.39 is 11.9 Å². The van der Waals surface area contributed by atoms with Gasteiger partial charge in [0.2, 0.25) is 0 Å². The van der Waals surface area contributed by atoms with Crippen LogP contribution in [0.2, 0.25) is 5.02 Å². The summed E-state index contributed by atoms with van der Waals surface area (Å²) in [5, 5.41) is 4.57. The molecule has 1 aromatic carbocycles. The number of hydrazine groups is 1. The van der Waals surface area contributed by atoms with Gasteiger partial charge in [-0.2, -0.15) is 5.10 Å². The fourth-order valence-electron chi connectivity index (χ4n) is 2.10. The van der Waals surface area contributed by atoms with E-state index in [-0.39, 0.29) is 0 Å². The molecule has 1 unspecified atom stereocenters. The smallest absolute Gasteiger partial charge is 0.132 e. The summed E-state index contributed by atoms with van der Waals surface area (Å²) in [5.74, 6) is 5.60. The molecule has 2 rings (SSSR count). The zero-order valence-corrected chi connectivity index (χ0v) is 12.0. The molecule has 1 aromatic heterocycles. The minimum absolute atomic E-state index is 0.380. The summed E-state index contributed by atoms with van der Waals surface area (Å²) in [7, 11) is 1.48. The summed E-state index contributed by atoms with van der Waals surface area (Å²) in [6, 6.07) is 4.00. The van der Waals surface area contributed by atoms with Crippen molar-refractivity contribution in [3.8, 4) is 5.75 Å². The van der Waals surface area contributed by atoms with Crippen molar-refractivity contribution in [2.24, 2.45) is 5.84 Å². The van der Waals surface area contributed by atoms with Gasteiger partial charge in [-0.05, 0) is 13.0 Å². The maximum atomic E-state index is 14.2. The molecule has 0 fully saturated rings. The van der Waals surface area contributed by atoms with E-state index in [1.54, 1.807) is 16.8 Å². The zero-order chi connectivity index (χ0) is 14.7. The summed E-state index contributed by atoms with van der Waals surface area (Å²) in [6.07, 6.45) is 1.52. The molecule has 0 aliphatic heterocycles. The van der Waals surface area contributed by atoms with Gasteiger partial charge in [-0.1, -0.05) is 17.7 Å². The van der Waals surface area contributed by atoms with Gasteiger partial charge in [-0.15, -0.1) is 0 Å². The lowest BCUT2D eigenvalue weighted by atomic mass is 10.0. The number of nitrogens with zero attached hydrogens (tertiary/aromatic N) is 2. The Bertz CT molecular complexity index is 602. The van der Waals surface area contributed by atoms with Crippen LogP contribution < -0.4 is 16.0 Å². The maximum Gasteiger partial charge on any atom is 0.132 e. The molecular formula is C13H16ClFN4O. The lowest BCUT2D eigenvalue weighted by Gasteiger charge is -2.19. The van der Waals surface area contributed by atoms with E-state index >= 15 is 0 Å². The molecule has 5 nitrogen and oxygen atoms in total. The van der Waals surface area contributed by atoms with E-state index in [4.69, 9.17) is 22.2 Å². The van der Waals surface area contributed by atoms with Gasteiger partial charge in [0, 0.05) is 18.2 Å². The SMILES string of the molecule is CCn1ncc(Cl)c1C(NN)c1ccc(OC)cc1F. The topological polar surface area (TPSA) is 65.1 Å². The molecule has 0 saturated carbocycles. The van der Waals surface area contributed by atoms with E-state index in [0.717, 1.165) is 0 Å². The molecule has 0 bridgehead atoms. The molecule has 7 heteroatoms. The Balaban J connectivity index is 2.49. The van der Waals surface area contributed by atoms with Crippen LogP contribution in [0.15, 0.2) is 24.4 Å². The first-order valence-corrected chi connectivity index (χ1v) is 6.50. The number of rotatable bonds is 5. The van der Waals surface area contributed by atoms with Gasteiger partial charge in [0.25, 0.3) is 0 Å². The highest BCUT2D eigenvalue weighted by atomic mass is 35.5. The van der Waals surface area contributed by atoms with Crippen molar-refractivity contribution in [2.45, 2.75) is 19.5 Å². The summed E-state index contributed by atoms with van der Waals surface area (Å²) < 4.78 is 20.8. The molecule has 0 aliphatic carbocycles. The standard InChI is InChI=1S/C13H16ClFN4O/c1-3-19-13(10(14)7-17-19)12(18-16)9-5-4-8(20-2)6-11(9)15/h4-7,12,18H,3,16H2,1-2H3. The molecule has 0 saturated heterocycles. The van der Waals surface area contributed by atoms with Crippen molar-refractivity contribution in [2.75, 3.05) is 7.11 Å². The predicted molar refractivity (Wildman–Crippen MR) is 75.0 cm³/mol.